The molecule has 1 aliphatic rings. The van der Waals surface area contributed by atoms with Crippen molar-refractivity contribution in [2.45, 2.75) is 37.4 Å². The van der Waals surface area contributed by atoms with Gasteiger partial charge in [0.1, 0.15) is 5.25 Å². The number of sulfone groups is 1. The Morgan fingerprint density at radius 2 is 2.22 bits per heavy atom. The van der Waals surface area contributed by atoms with E-state index in [-0.39, 0.29) is 11.7 Å². The predicted molar refractivity (Wildman–Crippen MR) is 66.7 cm³/mol. The van der Waals surface area contributed by atoms with Gasteiger partial charge in [-0.15, -0.1) is 0 Å². The van der Waals surface area contributed by atoms with Crippen LogP contribution in [0.1, 0.15) is 49.1 Å². The fourth-order valence-electron chi connectivity index (χ4n) is 2.40. The minimum absolute atomic E-state index is 0.183. The Morgan fingerprint density at radius 1 is 1.50 bits per heavy atom. The zero-order valence-corrected chi connectivity index (χ0v) is 11.5. The summed E-state index contributed by atoms with van der Waals surface area (Å²) in [5.74, 6) is 1.33. The van der Waals surface area contributed by atoms with Crippen molar-refractivity contribution in [3.63, 3.8) is 0 Å². The first-order valence-electron chi connectivity index (χ1n) is 6.16. The summed E-state index contributed by atoms with van der Waals surface area (Å²) < 4.78 is 28.1. The lowest BCUT2D eigenvalue weighted by atomic mass is 9.96. The molecule has 1 aliphatic carbocycles. The summed E-state index contributed by atoms with van der Waals surface area (Å²) in [7, 11) is -3.19. The molecule has 3 unspecified atom stereocenters. The predicted octanol–water partition coefficient (Wildman–Crippen LogP) is 1.02. The van der Waals surface area contributed by atoms with Crippen molar-refractivity contribution in [2.75, 3.05) is 12.8 Å². The summed E-state index contributed by atoms with van der Waals surface area (Å²) in [5.41, 5.74) is 5.71. The third-order valence-electron chi connectivity index (χ3n) is 3.74. The van der Waals surface area contributed by atoms with Crippen LogP contribution >= 0.6 is 0 Å². The average molecular weight is 273 g/mol. The molecule has 1 saturated carbocycles. The third kappa shape index (κ3) is 2.56. The van der Waals surface area contributed by atoms with Gasteiger partial charge < -0.3 is 10.3 Å². The van der Waals surface area contributed by atoms with Gasteiger partial charge in [0.2, 0.25) is 5.89 Å². The molecule has 0 aromatic carbocycles. The van der Waals surface area contributed by atoms with Gasteiger partial charge in [0.05, 0.1) is 0 Å². The Bertz CT molecular complexity index is 511. The van der Waals surface area contributed by atoms with Gasteiger partial charge in [-0.2, -0.15) is 4.98 Å². The van der Waals surface area contributed by atoms with Gasteiger partial charge in [-0.1, -0.05) is 11.6 Å². The minimum atomic E-state index is -3.19. The van der Waals surface area contributed by atoms with Crippen LogP contribution in [-0.2, 0) is 9.84 Å². The smallest absolute Gasteiger partial charge is 0.230 e. The van der Waals surface area contributed by atoms with E-state index in [1.54, 1.807) is 6.92 Å². The monoisotopic (exact) mass is 273 g/mol. The van der Waals surface area contributed by atoms with E-state index in [0.29, 0.717) is 18.4 Å². The van der Waals surface area contributed by atoms with Crippen LogP contribution in [0.25, 0.3) is 0 Å². The average Bonchev–Trinajstić information content (AvgIpc) is 2.94. The van der Waals surface area contributed by atoms with Crippen LogP contribution in [0, 0.1) is 5.92 Å². The summed E-state index contributed by atoms with van der Waals surface area (Å²) in [6, 6.07) is 0. The Labute approximate surface area is 107 Å². The van der Waals surface area contributed by atoms with E-state index in [4.69, 9.17) is 10.3 Å². The molecule has 0 aliphatic heterocycles. The molecule has 0 amide bonds. The molecule has 7 heteroatoms. The van der Waals surface area contributed by atoms with Gasteiger partial charge in [-0.25, -0.2) is 8.42 Å². The Hall–Kier alpha value is -0.950. The Balaban J connectivity index is 2.20. The van der Waals surface area contributed by atoms with Crippen LogP contribution in [0.4, 0.5) is 0 Å². The Morgan fingerprint density at radius 3 is 2.83 bits per heavy atom. The fourth-order valence-corrected chi connectivity index (χ4v) is 2.88. The summed E-state index contributed by atoms with van der Waals surface area (Å²) in [4.78, 5) is 4.24. The van der Waals surface area contributed by atoms with Crippen LogP contribution in [0.2, 0.25) is 0 Å². The molecule has 2 N–H and O–H groups in total. The lowest BCUT2D eigenvalue weighted by Crippen LogP contribution is -2.17. The summed E-state index contributed by atoms with van der Waals surface area (Å²) in [6.45, 7) is 2.17. The van der Waals surface area contributed by atoms with Crippen LogP contribution in [0.5, 0.6) is 0 Å². The van der Waals surface area contributed by atoms with Crippen molar-refractivity contribution in [3.8, 4) is 0 Å². The van der Waals surface area contributed by atoms with Gasteiger partial charge in [-0.3, -0.25) is 0 Å². The van der Waals surface area contributed by atoms with Gasteiger partial charge in [0.25, 0.3) is 0 Å². The maximum atomic E-state index is 11.4. The molecule has 0 bridgehead atoms. The highest BCUT2D eigenvalue weighted by Crippen LogP contribution is 2.38. The molecule has 1 aromatic rings. The van der Waals surface area contributed by atoms with Crippen LogP contribution < -0.4 is 5.73 Å². The van der Waals surface area contributed by atoms with Gasteiger partial charge >= 0.3 is 0 Å². The molecule has 1 heterocycles. The highest BCUT2D eigenvalue weighted by Gasteiger charge is 2.33. The number of hydrogen-bond donors (Lipinski definition) is 1. The molecule has 1 fully saturated rings. The van der Waals surface area contributed by atoms with Crippen molar-refractivity contribution in [2.24, 2.45) is 11.7 Å². The van der Waals surface area contributed by atoms with E-state index in [1.165, 1.54) is 6.26 Å². The summed E-state index contributed by atoms with van der Waals surface area (Å²) in [6.07, 6.45) is 4.33. The molecule has 0 spiro atoms. The first kappa shape index (κ1) is 13.5. The minimum Gasteiger partial charge on any atom is -0.339 e. The van der Waals surface area contributed by atoms with E-state index < -0.39 is 15.1 Å². The lowest BCUT2D eigenvalue weighted by molar-refractivity contribution is 0.323. The van der Waals surface area contributed by atoms with Crippen LogP contribution in [0.3, 0.4) is 0 Å². The number of hydrogen-bond acceptors (Lipinski definition) is 6. The maximum Gasteiger partial charge on any atom is 0.230 e. The molecule has 0 saturated heterocycles. The molecule has 3 atom stereocenters. The van der Waals surface area contributed by atoms with Crippen molar-refractivity contribution in [3.05, 3.63) is 11.7 Å². The normalized spacial score (nSPS) is 26.4. The summed E-state index contributed by atoms with van der Waals surface area (Å²) in [5, 5.41) is 3.06. The van der Waals surface area contributed by atoms with Crippen LogP contribution in [-0.4, -0.2) is 31.4 Å². The highest BCUT2D eigenvalue weighted by molar-refractivity contribution is 7.90. The summed E-state index contributed by atoms with van der Waals surface area (Å²) >= 11 is 0. The van der Waals surface area contributed by atoms with Crippen molar-refractivity contribution < 1.29 is 12.9 Å². The molecule has 102 valence electrons. The molecule has 2 rings (SSSR count). The lowest BCUT2D eigenvalue weighted by Gasteiger charge is -2.12. The van der Waals surface area contributed by atoms with Gasteiger partial charge in [-0.05, 0) is 32.2 Å². The number of rotatable bonds is 4. The zero-order chi connectivity index (χ0) is 13.3. The van der Waals surface area contributed by atoms with E-state index in [9.17, 15) is 8.42 Å². The van der Waals surface area contributed by atoms with Crippen LogP contribution in [0.15, 0.2) is 4.52 Å². The van der Waals surface area contributed by atoms with Crippen molar-refractivity contribution >= 4 is 9.84 Å². The standard InChI is InChI=1S/C11H19N3O3S/c1-7(18(2,15)16)10-13-11(17-14-10)9-5-3-4-8(9)6-12/h7-9H,3-6,12H2,1-2H3. The number of nitrogens with zero attached hydrogens (tertiary/aromatic N) is 2. The van der Waals surface area contributed by atoms with Gasteiger partial charge in [0.15, 0.2) is 15.7 Å². The van der Waals surface area contributed by atoms with E-state index in [1.807, 2.05) is 0 Å². The first-order chi connectivity index (χ1) is 8.43. The fraction of sp³-hybridized carbons (Fsp3) is 0.818. The Kier molecular flexibility index (Phi) is 3.72. The first-order valence-corrected chi connectivity index (χ1v) is 8.11. The molecular formula is C11H19N3O3S. The van der Waals surface area contributed by atoms with E-state index in [2.05, 4.69) is 10.1 Å². The molecule has 0 radical (unpaired) electrons. The largest absolute Gasteiger partial charge is 0.339 e. The van der Waals surface area contributed by atoms with E-state index in [0.717, 1.165) is 19.3 Å². The second-order valence-corrected chi connectivity index (χ2v) is 7.36. The zero-order valence-electron chi connectivity index (χ0n) is 10.7. The van der Waals surface area contributed by atoms with Crippen molar-refractivity contribution in [1.82, 2.24) is 10.1 Å². The maximum absolute atomic E-state index is 11.4. The number of aromatic nitrogens is 2. The molecule has 1 aromatic heterocycles. The second-order valence-electron chi connectivity index (χ2n) is 5.00. The molecule has 18 heavy (non-hydrogen) atoms. The molecular weight excluding hydrogens is 254 g/mol. The highest BCUT2D eigenvalue weighted by atomic mass is 32.2. The van der Waals surface area contributed by atoms with Crippen molar-refractivity contribution in [1.29, 1.82) is 0 Å². The van der Waals surface area contributed by atoms with E-state index >= 15 is 0 Å². The quantitative estimate of drug-likeness (QED) is 0.879. The third-order valence-corrected chi connectivity index (χ3v) is 5.24. The molecule has 6 nitrogen and oxygen atoms in total. The SMILES string of the molecule is CC(c1noc(C2CCCC2CN)n1)S(C)(=O)=O. The van der Waals surface area contributed by atoms with Gasteiger partial charge in [0, 0.05) is 12.2 Å². The topological polar surface area (TPSA) is 99.1 Å². The number of nitrogens with two attached hydrogens (primary N) is 1. The second kappa shape index (κ2) is 4.97.